The van der Waals surface area contributed by atoms with Crippen molar-refractivity contribution in [3.63, 3.8) is 0 Å². The molecule has 0 saturated heterocycles. The number of carbonyl (C=O) groups excluding carboxylic acids is 1. The standard InChI is InChI=1S/C25H27F2N3O.C8H7F3/c1-5-19-14-15-30(18(3)31)16-24(19)28-17(2)29(4)25(20-6-10-22(26)11-7-20)21-8-12-23(27)13-9-21;1-6-2-4-7(5-3-6)8(9,10)11/h5-13,25H,1,14-16H2,2-4H3;2-5H,1H3. The minimum Gasteiger partial charge on any atom is -0.352 e. The van der Waals surface area contributed by atoms with Crippen LogP contribution in [0.5, 0.6) is 0 Å². The van der Waals surface area contributed by atoms with Crippen LogP contribution in [0.2, 0.25) is 0 Å². The number of halogens is 5. The van der Waals surface area contributed by atoms with Gasteiger partial charge < -0.3 is 9.80 Å². The van der Waals surface area contributed by atoms with Crippen molar-refractivity contribution < 1.29 is 26.7 Å². The molecule has 1 aliphatic rings. The highest BCUT2D eigenvalue weighted by Crippen LogP contribution is 2.30. The van der Waals surface area contributed by atoms with E-state index in [2.05, 4.69) is 6.58 Å². The van der Waals surface area contributed by atoms with Crippen molar-refractivity contribution in [2.75, 3.05) is 20.1 Å². The number of benzene rings is 3. The number of amidine groups is 1. The first-order valence-electron chi connectivity index (χ1n) is 13.3. The van der Waals surface area contributed by atoms with Crippen molar-refractivity contribution in [1.82, 2.24) is 9.80 Å². The number of aryl methyl sites for hydroxylation is 1. The zero-order valence-corrected chi connectivity index (χ0v) is 24.1. The summed E-state index contributed by atoms with van der Waals surface area (Å²) >= 11 is 0. The van der Waals surface area contributed by atoms with Gasteiger partial charge in [-0.05, 0) is 73.4 Å². The Morgan fingerprint density at radius 2 is 1.43 bits per heavy atom. The van der Waals surface area contributed by atoms with E-state index in [-0.39, 0.29) is 23.6 Å². The second-order valence-electron chi connectivity index (χ2n) is 10.0. The molecule has 0 spiro atoms. The lowest BCUT2D eigenvalue weighted by Gasteiger charge is -2.32. The average molecular weight is 584 g/mol. The lowest BCUT2D eigenvalue weighted by Crippen LogP contribution is -2.36. The molecule has 0 saturated carbocycles. The third kappa shape index (κ3) is 8.61. The van der Waals surface area contributed by atoms with Crippen LogP contribution >= 0.6 is 0 Å². The monoisotopic (exact) mass is 583 g/mol. The third-order valence-corrected chi connectivity index (χ3v) is 7.00. The summed E-state index contributed by atoms with van der Waals surface area (Å²) < 4.78 is 62.8. The number of amides is 1. The van der Waals surface area contributed by atoms with E-state index in [9.17, 15) is 26.7 Å². The summed E-state index contributed by atoms with van der Waals surface area (Å²) in [4.78, 5) is 20.4. The van der Waals surface area contributed by atoms with Gasteiger partial charge in [-0.25, -0.2) is 13.8 Å². The van der Waals surface area contributed by atoms with Crippen LogP contribution < -0.4 is 0 Å². The molecule has 9 heteroatoms. The van der Waals surface area contributed by atoms with Crippen LogP contribution in [0, 0.1) is 18.6 Å². The van der Waals surface area contributed by atoms with Crippen LogP contribution in [-0.4, -0.2) is 41.7 Å². The normalized spacial score (nSPS) is 14.0. The molecule has 4 nitrogen and oxygen atoms in total. The van der Waals surface area contributed by atoms with Crippen LogP contribution in [-0.2, 0) is 11.0 Å². The van der Waals surface area contributed by atoms with Gasteiger partial charge in [0, 0.05) is 20.5 Å². The summed E-state index contributed by atoms with van der Waals surface area (Å²) in [6.07, 6.45) is -1.72. The zero-order chi connectivity index (χ0) is 31.0. The number of nitrogens with zero attached hydrogens (tertiary/aromatic N) is 3. The summed E-state index contributed by atoms with van der Waals surface area (Å²) in [7, 11) is 1.90. The van der Waals surface area contributed by atoms with Crippen molar-refractivity contribution in [1.29, 1.82) is 0 Å². The second-order valence-corrected chi connectivity index (χ2v) is 10.0. The second kappa shape index (κ2) is 14.1. The van der Waals surface area contributed by atoms with E-state index < -0.39 is 11.7 Å². The van der Waals surface area contributed by atoms with Gasteiger partial charge in [-0.3, -0.25) is 4.79 Å². The van der Waals surface area contributed by atoms with Crippen LogP contribution in [0.4, 0.5) is 22.0 Å². The van der Waals surface area contributed by atoms with Crippen molar-refractivity contribution in [3.8, 4) is 0 Å². The van der Waals surface area contributed by atoms with Crippen molar-refractivity contribution in [2.45, 2.75) is 39.4 Å². The smallest absolute Gasteiger partial charge is 0.352 e. The first-order valence-corrected chi connectivity index (χ1v) is 13.3. The van der Waals surface area contributed by atoms with Gasteiger partial charge in [0.1, 0.15) is 17.5 Å². The molecule has 42 heavy (non-hydrogen) atoms. The van der Waals surface area contributed by atoms with Gasteiger partial charge in [0.15, 0.2) is 0 Å². The zero-order valence-electron chi connectivity index (χ0n) is 24.1. The van der Waals surface area contributed by atoms with Crippen LogP contribution in [0.15, 0.2) is 102 Å². The molecule has 4 rings (SSSR count). The van der Waals surface area contributed by atoms with E-state index in [1.165, 1.54) is 36.4 Å². The largest absolute Gasteiger partial charge is 0.416 e. The Hall–Kier alpha value is -4.27. The van der Waals surface area contributed by atoms with E-state index in [0.717, 1.165) is 45.9 Å². The Bertz CT molecular complexity index is 1380. The summed E-state index contributed by atoms with van der Waals surface area (Å²) in [6.45, 7) is 10.2. The molecule has 0 unspecified atom stereocenters. The summed E-state index contributed by atoms with van der Waals surface area (Å²) in [5, 5.41) is 0. The van der Waals surface area contributed by atoms with E-state index in [0.29, 0.717) is 19.5 Å². The van der Waals surface area contributed by atoms with E-state index in [4.69, 9.17) is 4.99 Å². The first-order chi connectivity index (χ1) is 19.8. The van der Waals surface area contributed by atoms with Crippen LogP contribution in [0.1, 0.15) is 48.6 Å². The predicted molar refractivity (Wildman–Crippen MR) is 156 cm³/mol. The van der Waals surface area contributed by atoms with Gasteiger partial charge in [-0.2, -0.15) is 13.2 Å². The molecule has 0 aromatic heterocycles. The topological polar surface area (TPSA) is 35.9 Å². The van der Waals surface area contributed by atoms with Crippen molar-refractivity contribution in [3.05, 3.63) is 131 Å². The molecular weight excluding hydrogens is 549 g/mol. The Morgan fingerprint density at radius 1 is 0.929 bits per heavy atom. The summed E-state index contributed by atoms with van der Waals surface area (Å²) in [6, 6.07) is 17.3. The fraction of sp³-hybridized carbons (Fsp3) is 0.273. The van der Waals surface area contributed by atoms with Gasteiger partial charge in [-0.15, -0.1) is 0 Å². The number of alkyl halides is 3. The molecule has 0 fully saturated rings. The van der Waals surface area contributed by atoms with Crippen molar-refractivity contribution >= 4 is 11.7 Å². The maximum Gasteiger partial charge on any atom is 0.416 e. The number of aliphatic imine (C=N–C) groups is 1. The van der Waals surface area contributed by atoms with Gasteiger partial charge in [0.05, 0.1) is 23.8 Å². The third-order valence-electron chi connectivity index (χ3n) is 7.00. The maximum atomic E-state index is 13.5. The van der Waals surface area contributed by atoms with Gasteiger partial charge in [0.25, 0.3) is 0 Å². The molecule has 0 N–H and O–H groups in total. The Balaban J connectivity index is 0.000000369. The highest BCUT2D eigenvalue weighted by molar-refractivity contribution is 5.82. The van der Waals surface area contributed by atoms with Crippen molar-refractivity contribution in [2.24, 2.45) is 4.99 Å². The molecule has 1 heterocycles. The van der Waals surface area contributed by atoms with Crippen LogP contribution in [0.3, 0.4) is 0 Å². The molecule has 0 bridgehead atoms. The number of rotatable bonds is 5. The molecule has 3 aromatic carbocycles. The lowest BCUT2D eigenvalue weighted by molar-refractivity contribution is -0.137. The molecule has 0 aliphatic carbocycles. The summed E-state index contributed by atoms with van der Waals surface area (Å²) in [5.74, 6) is 0.0969. The predicted octanol–water partition coefficient (Wildman–Crippen LogP) is 8.11. The number of hydrogen-bond acceptors (Lipinski definition) is 2. The Labute approximate surface area is 243 Å². The average Bonchev–Trinajstić information content (AvgIpc) is 2.95. The lowest BCUT2D eigenvalue weighted by atomic mass is 9.97. The summed E-state index contributed by atoms with van der Waals surface area (Å²) in [5.41, 5.74) is 3.78. The molecule has 222 valence electrons. The minimum atomic E-state index is -4.21. The Kier molecular flexibility index (Phi) is 10.8. The molecular formula is C33H34F5N3O. The quantitative estimate of drug-likeness (QED) is 0.173. The molecule has 0 atom stereocenters. The molecule has 1 amide bonds. The fourth-order valence-electron chi connectivity index (χ4n) is 4.49. The first kappa shape index (κ1) is 32.2. The molecule has 1 aliphatic heterocycles. The SMILES string of the molecule is C=CC1=C(N=C(C)N(C)C(c2ccc(F)cc2)c2ccc(F)cc2)CN(C(C)=O)CC1.Cc1ccc(C(F)(F)F)cc1. The molecule has 0 radical (unpaired) electrons. The maximum absolute atomic E-state index is 13.5. The van der Waals surface area contributed by atoms with Gasteiger partial charge in [-0.1, -0.05) is 54.6 Å². The van der Waals surface area contributed by atoms with E-state index >= 15 is 0 Å². The highest BCUT2D eigenvalue weighted by Gasteiger charge is 2.29. The van der Waals surface area contributed by atoms with E-state index in [1.54, 1.807) is 49.1 Å². The number of carbonyl (C=O) groups is 1. The molecule has 3 aromatic rings. The van der Waals surface area contributed by atoms with Gasteiger partial charge in [0.2, 0.25) is 5.91 Å². The highest BCUT2D eigenvalue weighted by atomic mass is 19.4. The number of hydrogen-bond donors (Lipinski definition) is 0. The van der Waals surface area contributed by atoms with E-state index in [1.807, 2.05) is 18.9 Å². The van der Waals surface area contributed by atoms with Crippen LogP contribution in [0.25, 0.3) is 0 Å². The fourth-order valence-corrected chi connectivity index (χ4v) is 4.49. The minimum absolute atomic E-state index is 0.0114. The number of allylic oxidation sites excluding steroid dienone is 1. The van der Waals surface area contributed by atoms with Gasteiger partial charge >= 0.3 is 6.18 Å². The Morgan fingerprint density at radius 3 is 1.86 bits per heavy atom.